The molecule has 1 aliphatic heterocycles. The predicted molar refractivity (Wildman–Crippen MR) is 103 cm³/mol. The number of amides is 2. The fourth-order valence-electron chi connectivity index (χ4n) is 3.05. The minimum Gasteiger partial charge on any atom is -0.368 e. The second kappa shape index (κ2) is 8.15. The van der Waals surface area contributed by atoms with Crippen molar-refractivity contribution >= 4 is 23.2 Å². The summed E-state index contributed by atoms with van der Waals surface area (Å²) in [5.41, 5.74) is 2.98. The van der Waals surface area contributed by atoms with Gasteiger partial charge in [0, 0.05) is 23.5 Å². The maximum Gasteiger partial charge on any atom is 0.255 e. The maximum atomic E-state index is 12.6. The first-order valence-electron chi connectivity index (χ1n) is 8.97. The van der Waals surface area contributed by atoms with E-state index in [0.29, 0.717) is 23.8 Å². The number of para-hydroxylation sites is 1. The fraction of sp³-hybridized carbons (Fsp3) is 0.333. The van der Waals surface area contributed by atoms with Crippen LogP contribution in [0, 0.1) is 0 Å². The van der Waals surface area contributed by atoms with Crippen LogP contribution in [0.5, 0.6) is 0 Å². The summed E-state index contributed by atoms with van der Waals surface area (Å²) in [6, 6.07) is 14.7. The van der Waals surface area contributed by atoms with E-state index in [-0.39, 0.29) is 11.8 Å². The Kier molecular flexibility index (Phi) is 5.68. The molecular formula is C21H24N2O3. The van der Waals surface area contributed by atoms with E-state index in [4.69, 9.17) is 4.74 Å². The summed E-state index contributed by atoms with van der Waals surface area (Å²) >= 11 is 0. The van der Waals surface area contributed by atoms with Crippen molar-refractivity contribution in [3.05, 3.63) is 59.7 Å². The average Bonchev–Trinajstić information content (AvgIpc) is 3.17. The minimum absolute atomic E-state index is 0.162. The molecule has 0 bridgehead atoms. The zero-order valence-corrected chi connectivity index (χ0v) is 15.1. The van der Waals surface area contributed by atoms with Gasteiger partial charge in [-0.05, 0) is 48.6 Å². The molecule has 1 unspecified atom stereocenters. The van der Waals surface area contributed by atoms with Crippen LogP contribution in [0.15, 0.2) is 48.5 Å². The number of hydrogen-bond donors (Lipinski definition) is 2. The van der Waals surface area contributed by atoms with Gasteiger partial charge in [-0.2, -0.15) is 0 Å². The topological polar surface area (TPSA) is 67.4 Å². The fourth-order valence-corrected chi connectivity index (χ4v) is 3.05. The molecule has 2 N–H and O–H groups in total. The maximum absolute atomic E-state index is 12.6. The van der Waals surface area contributed by atoms with E-state index in [1.54, 1.807) is 24.3 Å². The highest BCUT2D eigenvalue weighted by molar-refractivity contribution is 6.06. The molecule has 2 aromatic carbocycles. The van der Waals surface area contributed by atoms with Gasteiger partial charge < -0.3 is 15.4 Å². The van der Waals surface area contributed by atoms with Crippen LogP contribution in [0.3, 0.4) is 0 Å². The highest BCUT2D eigenvalue weighted by Gasteiger charge is 2.23. The predicted octanol–water partition coefficient (Wildman–Crippen LogP) is 4.18. The summed E-state index contributed by atoms with van der Waals surface area (Å²) in [4.78, 5) is 24.8. The molecule has 0 spiro atoms. The van der Waals surface area contributed by atoms with Gasteiger partial charge in [-0.3, -0.25) is 9.59 Å². The molecule has 0 saturated carbocycles. The van der Waals surface area contributed by atoms with Gasteiger partial charge in [-0.25, -0.2) is 0 Å². The summed E-state index contributed by atoms with van der Waals surface area (Å²) < 4.78 is 5.39. The lowest BCUT2D eigenvalue weighted by Gasteiger charge is -2.14. The van der Waals surface area contributed by atoms with Gasteiger partial charge in [0.05, 0.1) is 0 Å². The standard InChI is InChI=1S/C21H24N2O3/c1-14(2)17-9-3-4-10-18(17)23-20(24)15-7-5-8-16(13-15)22-21(25)19-11-6-12-26-19/h3-5,7-10,13-14,19H,6,11-12H2,1-2H3,(H,22,25)(H,23,24). The van der Waals surface area contributed by atoms with Crippen LogP contribution >= 0.6 is 0 Å². The number of carbonyl (C=O) groups is 2. The average molecular weight is 352 g/mol. The van der Waals surface area contributed by atoms with Crippen molar-refractivity contribution in [1.29, 1.82) is 0 Å². The molecule has 0 aromatic heterocycles. The number of nitrogens with one attached hydrogen (secondary N) is 2. The third-order valence-corrected chi connectivity index (χ3v) is 4.45. The highest BCUT2D eigenvalue weighted by atomic mass is 16.5. The lowest BCUT2D eigenvalue weighted by molar-refractivity contribution is -0.124. The minimum atomic E-state index is -0.398. The van der Waals surface area contributed by atoms with Gasteiger partial charge in [0.2, 0.25) is 0 Å². The number of hydrogen-bond acceptors (Lipinski definition) is 3. The Morgan fingerprint density at radius 1 is 1.08 bits per heavy atom. The van der Waals surface area contributed by atoms with E-state index in [0.717, 1.165) is 24.1 Å². The van der Waals surface area contributed by atoms with E-state index < -0.39 is 6.10 Å². The van der Waals surface area contributed by atoms with Crippen LogP contribution in [0.2, 0.25) is 0 Å². The molecule has 26 heavy (non-hydrogen) atoms. The van der Waals surface area contributed by atoms with Crippen molar-refractivity contribution in [2.75, 3.05) is 17.2 Å². The van der Waals surface area contributed by atoms with Gasteiger partial charge >= 0.3 is 0 Å². The normalized spacial score (nSPS) is 16.5. The summed E-state index contributed by atoms with van der Waals surface area (Å²) in [6.07, 6.45) is 1.23. The van der Waals surface area contributed by atoms with E-state index in [9.17, 15) is 9.59 Å². The smallest absolute Gasteiger partial charge is 0.255 e. The summed E-state index contributed by atoms with van der Waals surface area (Å²) in [5.74, 6) is -0.0555. The van der Waals surface area contributed by atoms with Crippen LogP contribution in [0.1, 0.15) is 48.5 Å². The van der Waals surface area contributed by atoms with Crippen molar-refractivity contribution in [3.8, 4) is 0 Å². The van der Waals surface area contributed by atoms with Crippen LogP contribution in [-0.2, 0) is 9.53 Å². The van der Waals surface area contributed by atoms with E-state index >= 15 is 0 Å². The Hall–Kier alpha value is -2.66. The quantitative estimate of drug-likeness (QED) is 0.848. The first-order valence-corrected chi connectivity index (χ1v) is 8.97. The van der Waals surface area contributed by atoms with Gasteiger partial charge in [0.1, 0.15) is 6.10 Å². The first kappa shape index (κ1) is 18.1. The van der Waals surface area contributed by atoms with Gasteiger partial charge in [0.15, 0.2) is 0 Å². The zero-order valence-electron chi connectivity index (χ0n) is 15.1. The van der Waals surface area contributed by atoms with Gasteiger partial charge in [-0.1, -0.05) is 38.1 Å². The number of ether oxygens (including phenoxy) is 1. The molecule has 1 saturated heterocycles. The van der Waals surface area contributed by atoms with E-state index in [1.807, 2.05) is 24.3 Å². The molecule has 2 amide bonds. The molecule has 1 fully saturated rings. The lowest BCUT2D eigenvalue weighted by Crippen LogP contribution is -2.27. The van der Waals surface area contributed by atoms with Gasteiger partial charge in [-0.15, -0.1) is 0 Å². The summed E-state index contributed by atoms with van der Waals surface area (Å²) in [5, 5.41) is 5.80. The first-order chi connectivity index (χ1) is 12.5. The molecular weight excluding hydrogens is 328 g/mol. The van der Waals surface area contributed by atoms with Crippen molar-refractivity contribution in [2.45, 2.75) is 38.7 Å². The van der Waals surface area contributed by atoms with Crippen LogP contribution in [-0.4, -0.2) is 24.5 Å². The number of rotatable bonds is 5. The largest absolute Gasteiger partial charge is 0.368 e. The monoisotopic (exact) mass is 352 g/mol. The highest BCUT2D eigenvalue weighted by Crippen LogP contribution is 2.24. The molecule has 5 nitrogen and oxygen atoms in total. The zero-order chi connectivity index (χ0) is 18.5. The Labute approximate surface area is 153 Å². The number of benzene rings is 2. The van der Waals surface area contributed by atoms with Crippen LogP contribution in [0.4, 0.5) is 11.4 Å². The Morgan fingerprint density at radius 3 is 2.62 bits per heavy atom. The van der Waals surface area contributed by atoms with Crippen LogP contribution < -0.4 is 10.6 Å². The molecule has 1 aliphatic rings. The molecule has 1 atom stereocenters. The molecule has 2 aromatic rings. The summed E-state index contributed by atoms with van der Waals surface area (Å²) in [6.45, 7) is 4.80. The van der Waals surface area contributed by atoms with Crippen molar-refractivity contribution in [2.24, 2.45) is 0 Å². The van der Waals surface area contributed by atoms with Crippen molar-refractivity contribution in [1.82, 2.24) is 0 Å². The number of carbonyl (C=O) groups excluding carboxylic acids is 2. The molecule has 1 heterocycles. The van der Waals surface area contributed by atoms with Crippen molar-refractivity contribution < 1.29 is 14.3 Å². The lowest BCUT2D eigenvalue weighted by atomic mass is 10.0. The third kappa shape index (κ3) is 4.29. The van der Waals surface area contributed by atoms with E-state index in [1.165, 1.54) is 0 Å². The summed E-state index contributed by atoms with van der Waals surface area (Å²) in [7, 11) is 0. The Bertz CT molecular complexity index is 795. The molecule has 0 aliphatic carbocycles. The SMILES string of the molecule is CC(C)c1ccccc1NC(=O)c1cccc(NC(=O)C2CCCO2)c1. The number of anilines is 2. The molecule has 3 rings (SSSR count). The Morgan fingerprint density at radius 2 is 1.88 bits per heavy atom. The molecule has 5 heteroatoms. The second-order valence-corrected chi connectivity index (χ2v) is 6.77. The van der Waals surface area contributed by atoms with Crippen LogP contribution in [0.25, 0.3) is 0 Å². The molecule has 0 radical (unpaired) electrons. The molecule has 136 valence electrons. The van der Waals surface area contributed by atoms with Crippen molar-refractivity contribution in [3.63, 3.8) is 0 Å². The second-order valence-electron chi connectivity index (χ2n) is 6.77. The van der Waals surface area contributed by atoms with E-state index in [2.05, 4.69) is 24.5 Å². The van der Waals surface area contributed by atoms with Gasteiger partial charge in [0.25, 0.3) is 11.8 Å². The Balaban J connectivity index is 1.71. The third-order valence-electron chi connectivity index (χ3n) is 4.45.